The van der Waals surface area contributed by atoms with Gasteiger partial charge in [-0.25, -0.2) is 4.98 Å². The Morgan fingerprint density at radius 2 is 2.32 bits per heavy atom. The van der Waals surface area contributed by atoms with Crippen LogP contribution in [0.15, 0.2) is 11.6 Å². The molecule has 104 valence electrons. The van der Waals surface area contributed by atoms with E-state index in [2.05, 4.69) is 27.8 Å². The highest BCUT2D eigenvalue weighted by Gasteiger charge is 2.23. The summed E-state index contributed by atoms with van der Waals surface area (Å²) in [6.07, 6.45) is 8.24. The number of hydrogen-bond donors (Lipinski definition) is 1. The van der Waals surface area contributed by atoms with Crippen LogP contribution in [0.1, 0.15) is 38.3 Å². The molecule has 2 aromatic rings. The standard InChI is InChI=1S/C14H22N4S/c1-11-5-3-2-4-8-17(11)13-12(6-7-15)18-9-10-19-14(18)16-13/h9-11H,2-8,15H2,1H3. The fourth-order valence-electron chi connectivity index (χ4n) is 3.01. The van der Waals surface area contributed by atoms with Gasteiger partial charge in [0.15, 0.2) is 10.8 Å². The molecule has 1 fully saturated rings. The minimum atomic E-state index is 0.587. The minimum absolute atomic E-state index is 0.587. The van der Waals surface area contributed by atoms with E-state index in [9.17, 15) is 0 Å². The van der Waals surface area contributed by atoms with Crippen molar-refractivity contribution in [2.24, 2.45) is 5.73 Å². The number of aromatic nitrogens is 2. The van der Waals surface area contributed by atoms with Crippen LogP contribution in [-0.2, 0) is 6.42 Å². The van der Waals surface area contributed by atoms with Crippen LogP contribution < -0.4 is 10.6 Å². The number of anilines is 1. The average molecular weight is 278 g/mol. The lowest BCUT2D eigenvalue weighted by Crippen LogP contribution is -2.33. The van der Waals surface area contributed by atoms with Gasteiger partial charge in [-0.1, -0.05) is 12.8 Å². The maximum absolute atomic E-state index is 5.79. The first-order valence-corrected chi connectivity index (χ1v) is 8.10. The molecule has 1 saturated heterocycles. The number of imidazole rings is 1. The van der Waals surface area contributed by atoms with Crippen molar-refractivity contribution in [3.63, 3.8) is 0 Å². The molecule has 5 heteroatoms. The first-order valence-electron chi connectivity index (χ1n) is 7.22. The molecule has 2 N–H and O–H groups in total. The number of rotatable bonds is 3. The van der Waals surface area contributed by atoms with Crippen LogP contribution in [0.25, 0.3) is 4.96 Å². The molecule has 0 bridgehead atoms. The molecular weight excluding hydrogens is 256 g/mol. The third-order valence-corrected chi connectivity index (χ3v) is 4.80. The number of hydrogen-bond acceptors (Lipinski definition) is 4. The third kappa shape index (κ3) is 2.37. The molecule has 1 atom stereocenters. The highest BCUT2D eigenvalue weighted by Crippen LogP contribution is 2.29. The molecule has 19 heavy (non-hydrogen) atoms. The summed E-state index contributed by atoms with van der Waals surface area (Å²) < 4.78 is 2.21. The predicted octanol–water partition coefficient (Wildman–Crippen LogP) is 2.67. The lowest BCUT2D eigenvalue weighted by Gasteiger charge is -2.28. The van der Waals surface area contributed by atoms with E-state index in [-0.39, 0.29) is 0 Å². The molecule has 3 heterocycles. The van der Waals surface area contributed by atoms with Crippen molar-refractivity contribution in [1.82, 2.24) is 9.38 Å². The van der Waals surface area contributed by atoms with E-state index in [1.165, 1.54) is 37.2 Å². The van der Waals surface area contributed by atoms with E-state index in [0.29, 0.717) is 12.6 Å². The summed E-state index contributed by atoms with van der Waals surface area (Å²) in [5, 5.41) is 2.10. The summed E-state index contributed by atoms with van der Waals surface area (Å²) in [7, 11) is 0. The van der Waals surface area contributed by atoms with Gasteiger partial charge in [0.05, 0.1) is 5.69 Å². The first kappa shape index (κ1) is 12.9. The van der Waals surface area contributed by atoms with Gasteiger partial charge in [-0.15, -0.1) is 11.3 Å². The smallest absolute Gasteiger partial charge is 0.195 e. The summed E-state index contributed by atoms with van der Waals surface area (Å²) in [5.41, 5.74) is 7.07. The summed E-state index contributed by atoms with van der Waals surface area (Å²) in [6, 6.07) is 0.587. The van der Waals surface area contributed by atoms with Crippen LogP contribution in [0.3, 0.4) is 0 Å². The van der Waals surface area contributed by atoms with Gasteiger partial charge in [0.2, 0.25) is 0 Å². The van der Waals surface area contributed by atoms with Crippen LogP contribution in [0.4, 0.5) is 5.82 Å². The Morgan fingerprint density at radius 1 is 1.42 bits per heavy atom. The largest absolute Gasteiger partial charge is 0.352 e. The molecule has 1 aliphatic heterocycles. The second-order valence-corrected chi connectivity index (χ2v) is 6.24. The number of nitrogens with two attached hydrogens (primary N) is 1. The van der Waals surface area contributed by atoms with Gasteiger partial charge in [0.25, 0.3) is 0 Å². The van der Waals surface area contributed by atoms with E-state index in [1.54, 1.807) is 11.3 Å². The second-order valence-electron chi connectivity index (χ2n) is 5.37. The fourth-order valence-corrected chi connectivity index (χ4v) is 3.74. The van der Waals surface area contributed by atoms with Crippen molar-refractivity contribution in [3.05, 3.63) is 17.3 Å². The summed E-state index contributed by atoms with van der Waals surface area (Å²) in [4.78, 5) is 8.45. The van der Waals surface area contributed by atoms with E-state index in [4.69, 9.17) is 10.7 Å². The normalized spacial score (nSPS) is 20.9. The Kier molecular flexibility index (Phi) is 3.75. The van der Waals surface area contributed by atoms with E-state index in [1.807, 2.05) is 0 Å². The summed E-state index contributed by atoms with van der Waals surface area (Å²) >= 11 is 1.70. The van der Waals surface area contributed by atoms with Crippen molar-refractivity contribution in [2.75, 3.05) is 18.0 Å². The molecular formula is C14H22N4S. The molecule has 2 aromatic heterocycles. The Morgan fingerprint density at radius 3 is 3.16 bits per heavy atom. The van der Waals surface area contributed by atoms with Gasteiger partial charge < -0.3 is 10.6 Å². The molecule has 1 unspecified atom stereocenters. The van der Waals surface area contributed by atoms with Gasteiger partial charge >= 0.3 is 0 Å². The molecule has 3 rings (SSSR count). The summed E-state index contributed by atoms with van der Waals surface area (Å²) in [5.74, 6) is 1.17. The van der Waals surface area contributed by atoms with Gasteiger partial charge in [-0.05, 0) is 26.3 Å². The van der Waals surface area contributed by atoms with Crippen molar-refractivity contribution < 1.29 is 0 Å². The zero-order chi connectivity index (χ0) is 13.2. The Bertz CT molecular complexity index is 545. The van der Waals surface area contributed by atoms with Crippen LogP contribution in [-0.4, -0.2) is 28.5 Å². The van der Waals surface area contributed by atoms with Crippen molar-refractivity contribution in [2.45, 2.75) is 45.1 Å². The molecule has 0 saturated carbocycles. The second kappa shape index (κ2) is 5.51. The third-order valence-electron chi connectivity index (χ3n) is 4.05. The van der Waals surface area contributed by atoms with Crippen molar-refractivity contribution in [3.8, 4) is 0 Å². The molecule has 4 nitrogen and oxygen atoms in total. The maximum Gasteiger partial charge on any atom is 0.195 e. The SMILES string of the molecule is CC1CCCCCN1c1nc2sccn2c1CCN. The molecule has 1 aliphatic rings. The van der Waals surface area contributed by atoms with Crippen LogP contribution >= 0.6 is 11.3 Å². The number of nitrogens with zero attached hydrogens (tertiary/aromatic N) is 3. The first-order chi connectivity index (χ1) is 9.31. The maximum atomic E-state index is 5.79. The molecule has 0 amide bonds. The zero-order valence-corrected chi connectivity index (χ0v) is 12.3. The van der Waals surface area contributed by atoms with Crippen LogP contribution in [0.5, 0.6) is 0 Å². The van der Waals surface area contributed by atoms with Gasteiger partial charge in [0, 0.05) is 30.6 Å². The van der Waals surface area contributed by atoms with Gasteiger partial charge in [-0.2, -0.15) is 0 Å². The Balaban J connectivity index is 2.01. The lowest BCUT2D eigenvalue weighted by molar-refractivity contribution is 0.609. The van der Waals surface area contributed by atoms with Crippen molar-refractivity contribution in [1.29, 1.82) is 0 Å². The van der Waals surface area contributed by atoms with E-state index < -0.39 is 0 Å². The lowest BCUT2D eigenvalue weighted by atomic mass is 10.1. The topological polar surface area (TPSA) is 46.6 Å². The van der Waals surface area contributed by atoms with Crippen LogP contribution in [0.2, 0.25) is 0 Å². The van der Waals surface area contributed by atoms with Crippen molar-refractivity contribution >= 4 is 22.1 Å². The van der Waals surface area contributed by atoms with Crippen LogP contribution in [0, 0.1) is 0 Å². The van der Waals surface area contributed by atoms with E-state index in [0.717, 1.165) is 17.9 Å². The number of thiazole rings is 1. The minimum Gasteiger partial charge on any atom is -0.352 e. The fraction of sp³-hybridized carbons (Fsp3) is 0.643. The molecule has 0 radical (unpaired) electrons. The Hall–Kier alpha value is -1.07. The monoisotopic (exact) mass is 278 g/mol. The molecule has 0 aliphatic carbocycles. The number of fused-ring (bicyclic) bond motifs is 1. The zero-order valence-electron chi connectivity index (χ0n) is 11.5. The van der Waals surface area contributed by atoms with E-state index >= 15 is 0 Å². The summed E-state index contributed by atoms with van der Waals surface area (Å²) in [6.45, 7) is 4.13. The quantitative estimate of drug-likeness (QED) is 0.939. The molecule has 0 spiro atoms. The Labute approximate surface area is 118 Å². The van der Waals surface area contributed by atoms with Gasteiger partial charge in [-0.3, -0.25) is 4.40 Å². The predicted molar refractivity (Wildman–Crippen MR) is 81.1 cm³/mol. The highest BCUT2D eigenvalue weighted by molar-refractivity contribution is 7.15. The molecule has 0 aromatic carbocycles. The average Bonchev–Trinajstić information content (AvgIpc) is 2.90. The highest BCUT2D eigenvalue weighted by atomic mass is 32.1. The van der Waals surface area contributed by atoms with Gasteiger partial charge in [0.1, 0.15) is 0 Å².